The van der Waals surface area contributed by atoms with Crippen LogP contribution in [0, 0.1) is 13.8 Å². The number of esters is 1. The summed E-state index contributed by atoms with van der Waals surface area (Å²) in [7, 11) is 1.38. The highest BCUT2D eigenvalue weighted by Gasteiger charge is 2.08. The average Bonchev–Trinajstić information content (AvgIpc) is 2.82. The number of aromatic nitrogens is 1. The molecule has 0 atom stereocenters. The fourth-order valence-electron chi connectivity index (χ4n) is 1.71. The Hall–Kier alpha value is -1.88. The zero-order valence-corrected chi connectivity index (χ0v) is 12.0. The predicted octanol–water partition coefficient (Wildman–Crippen LogP) is 3.16. The van der Waals surface area contributed by atoms with Crippen LogP contribution in [0.2, 0.25) is 0 Å². The molecule has 1 aromatic carbocycles. The van der Waals surface area contributed by atoms with Crippen LogP contribution in [-0.2, 0) is 11.3 Å². The van der Waals surface area contributed by atoms with Crippen LogP contribution < -0.4 is 5.32 Å². The summed E-state index contributed by atoms with van der Waals surface area (Å²) in [5, 5.41) is 6.35. The second-order valence-corrected chi connectivity index (χ2v) is 5.20. The smallest absolute Gasteiger partial charge is 0.337 e. The van der Waals surface area contributed by atoms with Gasteiger partial charge in [0.15, 0.2) is 0 Å². The molecule has 2 rings (SSSR count). The normalized spacial score (nSPS) is 10.3. The molecule has 1 N–H and O–H groups in total. The lowest BCUT2D eigenvalue weighted by Gasteiger charge is -2.09. The predicted molar refractivity (Wildman–Crippen MR) is 76.7 cm³/mol. The number of aryl methyl sites for hydroxylation is 2. The summed E-state index contributed by atoms with van der Waals surface area (Å²) in [6.07, 6.45) is 0. The maximum atomic E-state index is 11.5. The Morgan fingerprint density at radius 1 is 1.42 bits per heavy atom. The lowest BCUT2D eigenvalue weighted by atomic mass is 10.1. The summed E-state index contributed by atoms with van der Waals surface area (Å²) in [5.74, 6) is -0.326. The van der Waals surface area contributed by atoms with Gasteiger partial charge in [-0.3, -0.25) is 0 Å². The van der Waals surface area contributed by atoms with Gasteiger partial charge in [0, 0.05) is 16.8 Å². The van der Waals surface area contributed by atoms with Gasteiger partial charge in [-0.2, -0.15) is 0 Å². The molecular formula is C14H16N2O2S. The number of hydrogen-bond acceptors (Lipinski definition) is 5. The summed E-state index contributed by atoms with van der Waals surface area (Å²) in [5.41, 5.74) is 3.59. The fraction of sp³-hybridized carbons (Fsp3) is 0.286. The standard InChI is InChI=1S/C14H16N2O2S/c1-9-4-5-11(14(17)18-3)6-12(9)15-7-13-16-10(2)8-19-13/h4-6,8,15H,7H2,1-3H3. The SMILES string of the molecule is COC(=O)c1ccc(C)c(NCc2nc(C)cs2)c1. The van der Waals surface area contributed by atoms with Gasteiger partial charge in [0.05, 0.1) is 19.2 Å². The first-order chi connectivity index (χ1) is 9.10. The largest absolute Gasteiger partial charge is 0.465 e. The third kappa shape index (κ3) is 3.32. The summed E-state index contributed by atoms with van der Waals surface area (Å²) in [4.78, 5) is 15.9. The molecule has 0 fully saturated rings. The first-order valence-corrected chi connectivity index (χ1v) is 6.82. The van der Waals surface area contributed by atoms with Crippen molar-refractivity contribution in [2.24, 2.45) is 0 Å². The molecule has 0 aliphatic rings. The molecule has 1 heterocycles. The third-order valence-electron chi connectivity index (χ3n) is 2.76. The number of rotatable bonds is 4. The van der Waals surface area contributed by atoms with E-state index in [1.807, 2.05) is 31.4 Å². The van der Waals surface area contributed by atoms with Crippen molar-refractivity contribution in [1.29, 1.82) is 0 Å². The molecule has 0 unspecified atom stereocenters. The van der Waals surface area contributed by atoms with Crippen molar-refractivity contribution in [3.63, 3.8) is 0 Å². The van der Waals surface area contributed by atoms with E-state index < -0.39 is 0 Å². The minimum atomic E-state index is -0.326. The van der Waals surface area contributed by atoms with Gasteiger partial charge >= 0.3 is 5.97 Å². The molecule has 0 saturated heterocycles. The first kappa shape index (κ1) is 13.5. The van der Waals surface area contributed by atoms with E-state index in [-0.39, 0.29) is 5.97 Å². The Morgan fingerprint density at radius 2 is 2.21 bits per heavy atom. The molecule has 0 radical (unpaired) electrons. The van der Waals surface area contributed by atoms with Crippen molar-refractivity contribution in [2.45, 2.75) is 20.4 Å². The minimum absolute atomic E-state index is 0.326. The molecule has 19 heavy (non-hydrogen) atoms. The molecule has 0 aliphatic heterocycles. The highest BCUT2D eigenvalue weighted by atomic mass is 32.1. The van der Waals surface area contributed by atoms with Gasteiger partial charge in [0.25, 0.3) is 0 Å². The Balaban J connectivity index is 2.12. The highest BCUT2D eigenvalue weighted by molar-refractivity contribution is 7.09. The summed E-state index contributed by atoms with van der Waals surface area (Å²) >= 11 is 1.62. The molecule has 0 amide bonds. The number of thiazole rings is 1. The molecule has 5 heteroatoms. The van der Waals surface area contributed by atoms with Gasteiger partial charge in [0.2, 0.25) is 0 Å². The van der Waals surface area contributed by atoms with E-state index in [2.05, 4.69) is 10.3 Å². The monoisotopic (exact) mass is 276 g/mol. The van der Waals surface area contributed by atoms with Gasteiger partial charge in [-0.25, -0.2) is 9.78 Å². The number of benzene rings is 1. The Morgan fingerprint density at radius 3 is 2.84 bits per heavy atom. The number of carbonyl (C=O) groups excluding carboxylic acids is 1. The topological polar surface area (TPSA) is 51.2 Å². The van der Waals surface area contributed by atoms with Gasteiger partial charge in [-0.1, -0.05) is 6.07 Å². The Labute approximate surface area is 116 Å². The fourth-order valence-corrected chi connectivity index (χ4v) is 2.42. The number of methoxy groups -OCH3 is 1. The lowest BCUT2D eigenvalue weighted by molar-refractivity contribution is 0.0601. The van der Waals surface area contributed by atoms with E-state index in [0.717, 1.165) is 22.0 Å². The highest BCUT2D eigenvalue weighted by Crippen LogP contribution is 2.19. The van der Waals surface area contributed by atoms with E-state index >= 15 is 0 Å². The van der Waals surface area contributed by atoms with Crippen molar-refractivity contribution < 1.29 is 9.53 Å². The van der Waals surface area contributed by atoms with Crippen molar-refractivity contribution >= 4 is 23.0 Å². The molecular weight excluding hydrogens is 260 g/mol. The number of carbonyl (C=O) groups is 1. The van der Waals surface area contributed by atoms with Gasteiger partial charge in [-0.05, 0) is 31.5 Å². The zero-order valence-electron chi connectivity index (χ0n) is 11.2. The maximum Gasteiger partial charge on any atom is 0.337 e. The first-order valence-electron chi connectivity index (χ1n) is 5.94. The van der Waals surface area contributed by atoms with Crippen LogP contribution in [0.1, 0.15) is 26.6 Å². The van der Waals surface area contributed by atoms with Crippen LogP contribution >= 0.6 is 11.3 Å². The van der Waals surface area contributed by atoms with Crippen LogP contribution in [0.3, 0.4) is 0 Å². The molecule has 1 aromatic heterocycles. The number of anilines is 1. The van der Waals surface area contributed by atoms with E-state index in [1.165, 1.54) is 7.11 Å². The lowest BCUT2D eigenvalue weighted by Crippen LogP contribution is -2.05. The Kier molecular flexibility index (Phi) is 4.16. The third-order valence-corrected chi connectivity index (χ3v) is 3.72. The number of nitrogens with zero attached hydrogens (tertiary/aromatic N) is 1. The van der Waals surface area contributed by atoms with Crippen LogP contribution in [0.4, 0.5) is 5.69 Å². The number of nitrogens with one attached hydrogen (secondary N) is 1. The van der Waals surface area contributed by atoms with Gasteiger partial charge in [-0.15, -0.1) is 11.3 Å². The van der Waals surface area contributed by atoms with Crippen molar-refractivity contribution in [1.82, 2.24) is 4.98 Å². The minimum Gasteiger partial charge on any atom is -0.465 e. The zero-order chi connectivity index (χ0) is 13.8. The van der Waals surface area contributed by atoms with E-state index in [4.69, 9.17) is 4.74 Å². The molecule has 0 saturated carbocycles. The van der Waals surface area contributed by atoms with Gasteiger partial charge < -0.3 is 10.1 Å². The van der Waals surface area contributed by atoms with Crippen LogP contribution in [0.25, 0.3) is 0 Å². The van der Waals surface area contributed by atoms with E-state index in [1.54, 1.807) is 17.4 Å². The molecule has 2 aromatic rings. The molecule has 100 valence electrons. The molecule has 0 spiro atoms. The summed E-state index contributed by atoms with van der Waals surface area (Å²) in [6.45, 7) is 4.63. The Bertz CT molecular complexity index is 593. The van der Waals surface area contributed by atoms with E-state index in [0.29, 0.717) is 12.1 Å². The maximum absolute atomic E-state index is 11.5. The average molecular weight is 276 g/mol. The van der Waals surface area contributed by atoms with Crippen LogP contribution in [-0.4, -0.2) is 18.1 Å². The molecule has 0 aliphatic carbocycles. The quantitative estimate of drug-likeness (QED) is 0.872. The van der Waals surface area contributed by atoms with Crippen molar-refractivity contribution in [3.05, 3.63) is 45.4 Å². The molecule has 4 nitrogen and oxygen atoms in total. The number of ether oxygens (including phenoxy) is 1. The van der Waals surface area contributed by atoms with Crippen LogP contribution in [0.5, 0.6) is 0 Å². The van der Waals surface area contributed by atoms with Crippen LogP contribution in [0.15, 0.2) is 23.6 Å². The summed E-state index contributed by atoms with van der Waals surface area (Å²) in [6, 6.07) is 5.48. The second kappa shape index (κ2) is 5.84. The summed E-state index contributed by atoms with van der Waals surface area (Å²) < 4.78 is 4.72. The second-order valence-electron chi connectivity index (χ2n) is 4.26. The molecule has 0 bridgehead atoms. The van der Waals surface area contributed by atoms with E-state index in [9.17, 15) is 4.79 Å². The number of hydrogen-bond donors (Lipinski definition) is 1. The van der Waals surface area contributed by atoms with Crippen molar-refractivity contribution in [2.75, 3.05) is 12.4 Å². The van der Waals surface area contributed by atoms with Crippen molar-refractivity contribution in [3.8, 4) is 0 Å². The van der Waals surface area contributed by atoms with Gasteiger partial charge in [0.1, 0.15) is 5.01 Å².